The first-order valence-electron chi connectivity index (χ1n) is 8.17. The minimum absolute atomic E-state index is 0.302. The fraction of sp³-hybridized carbons (Fsp3) is 0.875. The maximum Gasteiger partial charge on any atom is 0.344 e. The van der Waals surface area contributed by atoms with Crippen LogP contribution in [0.3, 0.4) is 0 Å². The number of hydrogen-bond donors (Lipinski definition) is 1. The Morgan fingerprint density at radius 3 is 2.64 bits per heavy atom. The molecule has 2 N–H and O–H groups in total. The van der Waals surface area contributed by atoms with Crippen LogP contribution in [0.4, 0.5) is 0 Å². The van der Waals surface area contributed by atoms with Crippen LogP contribution >= 0.6 is 0 Å². The molecule has 1 aliphatic heterocycles. The maximum atomic E-state index is 12.1. The molecule has 0 spiro atoms. The summed E-state index contributed by atoms with van der Waals surface area (Å²) in [5.74, 6) is 0.0431. The molecule has 0 amide bonds. The standard InChI is InChI=1S/C16H25NO5/c1-3-16(17,12-8-20-12)14(19)21-9-13(18)22-15(2)7-10-4-5-11(15)6-10/h10-12H,3-9,17H2,1-2H3. The van der Waals surface area contributed by atoms with Crippen molar-refractivity contribution in [3.63, 3.8) is 0 Å². The van der Waals surface area contributed by atoms with E-state index in [2.05, 4.69) is 0 Å². The highest BCUT2D eigenvalue weighted by atomic mass is 16.6. The molecule has 3 aliphatic rings. The Morgan fingerprint density at radius 2 is 2.14 bits per heavy atom. The van der Waals surface area contributed by atoms with Gasteiger partial charge in [-0.05, 0) is 50.9 Å². The van der Waals surface area contributed by atoms with Gasteiger partial charge in [0.2, 0.25) is 0 Å². The molecule has 0 radical (unpaired) electrons. The van der Waals surface area contributed by atoms with E-state index in [1.165, 1.54) is 6.42 Å². The Morgan fingerprint density at radius 1 is 1.41 bits per heavy atom. The summed E-state index contributed by atoms with van der Waals surface area (Å²) in [7, 11) is 0. The van der Waals surface area contributed by atoms with E-state index in [1.54, 1.807) is 6.92 Å². The van der Waals surface area contributed by atoms with Crippen LogP contribution in [0, 0.1) is 11.8 Å². The third-order valence-electron chi connectivity index (χ3n) is 5.64. The van der Waals surface area contributed by atoms with Crippen molar-refractivity contribution in [2.24, 2.45) is 17.6 Å². The number of carbonyl (C=O) groups excluding carboxylic acids is 2. The third-order valence-corrected chi connectivity index (χ3v) is 5.64. The molecule has 2 bridgehead atoms. The topological polar surface area (TPSA) is 91.2 Å². The van der Waals surface area contributed by atoms with Crippen LogP contribution in [0.15, 0.2) is 0 Å². The SMILES string of the molecule is CCC(N)(C(=O)OCC(=O)OC1(C)CC2CCC1C2)C1CO1. The average Bonchev–Trinajstić information content (AvgIpc) is 3.17. The molecule has 5 atom stereocenters. The Bertz CT molecular complexity index is 477. The van der Waals surface area contributed by atoms with Gasteiger partial charge in [-0.3, -0.25) is 0 Å². The molecule has 0 aromatic rings. The maximum absolute atomic E-state index is 12.1. The highest BCUT2D eigenvalue weighted by Gasteiger charge is 2.52. The van der Waals surface area contributed by atoms with E-state index in [0.717, 1.165) is 19.3 Å². The number of hydrogen-bond acceptors (Lipinski definition) is 6. The van der Waals surface area contributed by atoms with Crippen molar-refractivity contribution < 1.29 is 23.8 Å². The Kier molecular flexibility index (Phi) is 3.93. The first-order valence-corrected chi connectivity index (χ1v) is 8.17. The van der Waals surface area contributed by atoms with Crippen molar-refractivity contribution in [1.82, 2.24) is 0 Å². The lowest BCUT2D eigenvalue weighted by Gasteiger charge is -2.33. The first kappa shape index (κ1) is 15.7. The van der Waals surface area contributed by atoms with Gasteiger partial charge in [0.15, 0.2) is 6.61 Å². The summed E-state index contributed by atoms with van der Waals surface area (Å²) in [5, 5.41) is 0. The van der Waals surface area contributed by atoms with Gasteiger partial charge >= 0.3 is 11.9 Å². The van der Waals surface area contributed by atoms with Crippen molar-refractivity contribution in [3.05, 3.63) is 0 Å². The summed E-state index contributed by atoms with van der Waals surface area (Å²) in [5.41, 5.74) is 4.47. The monoisotopic (exact) mass is 311 g/mol. The van der Waals surface area contributed by atoms with Crippen molar-refractivity contribution in [2.75, 3.05) is 13.2 Å². The van der Waals surface area contributed by atoms with Crippen LogP contribution in [0.25, 0.3) is 0 Å². The molecule has 1 saturated heterocycles. The zero-order valence-corrected chi connectivity index (χ0v) is 13.3. The van der Waals surface area contributed by atoms with Crippen LogP contribution in [0.1, 0.15) is 46.0 Å². The zero-order valence-electron chi connectivity index (χ0n) is 13.3. The number of esters is 2. The molecule has 2 aliphatic carbocycles. The van der Waals surface area contributed by atoms with Gasteiger partial charge in [-0.25, -0.2) is 9.59 Å². The minimum Gasteiger partial charge on any atom is -0.457 e. The van der Waals surface area contributed by atoms with Gasteiger partial charge in [0, 0.05) is 0 Å². The predicted octanol–water partition coefficient (Wildman–Crippen LogP) is 1.16. The van der Waals surface area contributed by atoms with E-state index in [-0.39, 0.29) is 12.7 Å². The quantitative estimate of drug-likeness (QED) is 0.584. The smallest absolute Gasteiger partial charge is 0.344 e. The predicted molar refractivity (Wildman–Crippen MR) is 77.9 cm³/mol. The lowest BCUT2D eigenvalue weighted by atomic mass is 9.86. The van der Waals surface area contributed by atoms with Gasteiger partial charge in [0.25, 0.3) is 0 Å². The Hall–Kier alpha value is -1.14. The molecule has 0 aromatic carbocycles. The highest BCUT2D eigenvalue weighted by molar-refractivity contribution is 5.84. The Balaban J connectivity index is 1.49. The third kappa shape index (κ3) is 2.74. The first-order chi connectivity index (χ1) is 10.4. The number of fused-ring (bicyclic) bond motifs is 2. The van der Waals surface area contributed by atoms with Gasteiger partial charge in [0.05, 0.1) is 6.61 Å². The van der Waals surface area contributed by atoms with Gasteiger partial charge in [0.1, 0.15) is 17.2 Å². The summed E-state index contributed by atoms with van der Waals surface area (Å²) in [6.45, 7) is 3.88. The lowest BCUT2D eigenvalue weighted by molar-refractivity contribution is -0.175. The number of ether oxygens (including phenoxy) is 3. The number of epoxide rings is 1. The summed E-state index contributed by atoms with van der Waals surface area (Å²) >= 11 is 0. The molecule has 6 nitrogen and oxygen atoms in total. The molecule has 3 fully saturated rings. The largest absolute Gasteiger partial charge is 0.457 e. The van der Waals surface area contributed by atoms with Crippen LogP contribution in [-0.2, 0) is 23.8 Å². The highest BCUT2D eigenvalue weighted by Crippen LogP contribution is 2.52. The van der Waals surface area contributed by atoms with E-state index in [0.29, 0.717) is 24.9 Å². The van der Waals surface area contributed by atoms with E-state index < -0.39 is 23.1 Å². The second-order valence-corrected chi connectivity index (χ2v) is 7.16. The van der Waals surface area contributed by atoms with Crippen molar-refractivity contribution in [1.29, 1.82) is 0 Å². The molecule has 5 unspecified atom stereocenters. The van der Waals surface area contributed by atoms with Crippen LogP contribution in [0.5, 0.6) is 0 Å². The van der Waals surface area contributed by atoms with Crippen LogP contribution in [0.2, 0.25) is 0 Å². The van der Waals surface area contributed by atoms with E-state index in [1.807, 2.05) is 6.92 Å². The molecule has 22 heavy (non-hydrogen) atoms. The number of rotatable bonds is 6. The van der Waals surface area contributed by atoms with E-state index in [9.17, 15) is 9.59 Å². The molecule has 124 valence electrons. The van der Waals surface area contributed by atoms with Crippen molar-refractivity contribution >= 4 is 11.9 Å². The minimum atomic E-state index is -1.16. The zero-order chi connectivity index (χ0) is 16.0. The normalized spacial score (nSPS) is 38.4. The average molecular weight is 311 g/mol. The molecule has 0 aromatic heterocycles. The summed E-state index contributed by atoms with van der Waals surface area (Å²) in [6, 6.07) is 0. The second-order valence-electron chi connectivity index (χ2n) is 7.16. The lowest BCUT2D eigenvalue weighted by Crippen LogP contribution is -2.53. The summed E-state index contributed by atoms with van der Waals surface area (Å²) < 4.78 is 15.8. The Labute approximate surface area is 130 Å². The second kappa shape index (κ2) is 5.49. The van der Waals surface area contributed by atoms with Gasteiger partial charge in [-0.1, -0.05) is 6.92 Å². The number of carbonyl (C=O) groups is 2. The summed E-state index contributed by atoms with van der Waals surface area (Å²) in [6.07, 6.45) is 4.53. The number of nitrogens with two attached hydrogens (primary N) is 1. The van der Waals surface area contributed by atoms with Crippen LogP contribution in [-0.4, -0.2) is 42.4 Å². The van der Waals surface area contributed by atoms with Gasteiger partial charge < -0.3 is 19.9 Å². The molecular formula is C16H25NO5. The molecular weight excluding hydrogens is 286 g/mol. The molecule has 6 heteroatoms. The molecule has 1 heterocycles. The van der Waals surface area contributed by atoms with E-state index >= 15 is 0 Å². The van der Waals surface area contributed by atoms with Crippen LogP contribution < -0.4 is 5.73 Å². The summed E-state index contributed by atoms with van der Waals surface area (Å²) in [4.78, 5) is 24.1. The van der Waals surface area contributed by atoms with Crippen molar-refractivity contribution in [3.8, 4) is 0 Å². The van der Waals surface area contributed by atoms with Gasteiger partial charge in [-0.15, -0.1) is 0 Å². The van der Waals surface area contributed by atoms with Crippen molar-refractivity contribution in [2.45, 2.75) is 63.2 Å². The van der Waals surface area contributed by atoms with Gasteiger partial charge in [-0.2, -0.15) is 0 Å². The molecule has 3 rings (SSSR count). The fourth-order valence-electron chi connectivity index (χ4n) is 4.08. The van der Waals surface area contributed by atoms with E-state index in [4.69, 9.17) is 19.9 Å². The molecule has 2 saturated carbocycles. The fourth-order valence-corrected chi connectivity index (χ4v) is 4.08.